The first-order valence-corrected chi connectivity index (χ1v) is 8.58. The summed E-state index contributed by atoms with van der Waals surface area (Å²) in [5.74, 6) is 0. The number of aliphatic hydroxyl groups excluding tert-OH is 1. The van der Waals surface area contributed by atoms with E-state index >= 15 is 0 Å². The summed E-state index contributed by atoms with van der Waals surface area (Å²) in [6, 6.07) is 13.8. The number of anilines is 1. The van der Waals surface area contributed by atoms with Crippen LogP contribution >= 0.6 is 0 Å². The molecule has 0 saturated heterocycles. The van der Waals surface area contributed by atoms with Gasteiger partial charge in [0.25, 0.3) is 0 Å². The second kappa shape index (κ2) is 7.49. The van der Waals surface area contributed by atoms with Crippen LogP contribution in [0.3, 0.4) is 0 Å². The molecule has 0 heterocycles. The molecule has 3 rings (SSSR count). The Morgan fingerprint density at radius 2 is 1.96 bits per heavy atom. The zero-order valence-corrected chi connectivity index (χ0v) is 14.0. The van der Waals surface area contributed by atoms with Gasteiger partial charge in [0.1, 0.15) is 0 Å². The third-order valence-corrected chi connectivity index (χ3v) is 4.65. The first kappa shape index (κ1) is 16.5. The van der Waals surface area contributed by atoms with Gasteiger partial charge in [-0.1, -0.05) is 43.3 Å². The molecule has 1 aliphatic rings. The average Bonchev–Trinajstić information content (AvgIpc) is 2.60. The van der Waals surface area contributed by atoms with E-state index in [0.717, 1.165) is 36.1 Å². The smallest absolute Gasteiger partial charge is 0.319 e. The van der Waals surface area contributed by atoms with Gasteiger partial charge in [0.05, 0.1) is 6.10 Å². The predicted octanol–water partition coefficient (Wildman–Crippen LogP) is 3.42. The molecule has 4 nitrogen and oxygen atoms in total. The van der Waals surface area contributed by atoms with Gasteiger partial charge in [0.2, 0.25) is 0 Å². The molecule has 24 heavy (non-hydrogen) atoms. The van der Waals surface area contributed by atoms with Crippen LogP contribution in [0.4, 0.5) is 10.5 Å². The molecule has 1 aliphatic carbocycles. The average molecular weight is 324 g/mol. The number of nitrogens with one attached hydrogen (secondary N) is 2. The van der Waals surface area contributed by atoms with E-state index in [4.69, 9.17) is 0 Å². The summed E-state index contributed by atoms with van der Waals surface area (Å²) in [5.41, 5.74) is 5.46. The molecule has 0 aliphatic heterocycles. The minimum Gasteiger partial charge on any atom is -0.393 e. The molecule has 0 aromatic heterocycles. The van der Waals surface area contributed by atoms with Crippen LogP contribution in [0, 0.1) is 0 Å². The van der Waals surface area contributed by atoms with Crippen molar-refractivity contribution in [3.05, 3.63) is 64.7 Å². The SMILES string of the molecule is CCc1ccccc1CNC(=O)Nc1cccc2c1CC(O)CC2. The third kappa shape index (κ3) is 3.77. The van der Waals surface area contributed by atoms with Crippen molar-refractivity contribution in [3.63, 3.8) is 0 Å². The van der Waals surface area contributed by atoms with Crippen molar-refractivity contribution < 1.29 is 9.90 Å². The van der Waals surface area contributed by atoms with Crippen molar-refractivity contribution in [2.45, 2.75) is 45.3 Å². The van der Waals surface area contributed by atoms with Gasteiger partial charge >= 0.3 is 6.03 Å². The molecule has 4 heteroatoms. The van der Waals surface area contributed by atoms with E-state index < -0.39 is 0 Å². The quantitative estimate of drug-likeness (QED) is 0.807. The van der Waals surface area contributed by atoms with Crippen molar-refractivity contribution in [2.24, 2.45) is 0 Å². The maximum Gasteiger partial charge on any atom is 0.319 e. The Morgan fingerprint density at radius 3 is 2.75 bits per heavy atom. The van der Waals surface area contributed by atoms with Crippen molar-refractivity contribution >= 4 is 11.7 Å². The lowest BCUT2D eigenvalue weighted by atomic mass is 9.88. The fourth-order valence-corrected chi connectivity index (χ4v) is 3.30. The van der Waals surface area contributed by atoms with Crippen LogP contribution in [-0.4, -0.2) is 17.2 Å². The summed E-state index contributed by atoms with van der Waals surface area (Å²) in [6.07, 6.45) is 2.88. The Hall–Kier alpha value is -2.33. The molecule has 126 valence electrons. The zero-order chi connectivity index (χ0) is 16.9. The molecule has 0 spiro atoms. The Labute approximate surface area is 142 Å². The molecular weight excluding hydrogens is 300 g/mol. The maximum absolute atomic E-state index is 12.3. The molecule has 0 saturated carbocycles. The number of fused-ring (bicyclic) bond motifs is 1. The van der Waals surface area contributed by atoms with Gasteiger partial charge < -0.3 is 15.7 Å². The number of hydrogen-bond acceptors (Lipinski definition) is 2. The molecule has 3 N–H and O–H groups in total. The van der Waals surface area contributed by atoms with Gasteiger partial charge in [-0.25, -0.2) is 4.79 Å². The molecule has 0 radical (unpaired) electrons. The van der Waals surface area contributed by atoms with Gasteiger partial charge in [0, 0.05) is 18.7 Å². The molecule has 0 bridgehead atoms. The number of benzene rings is 2. The van der Waals surface area contributed by atoms with E-state index in [0.29, 0.717) is 13.0 Å². The summed E-state index contributed by atoms with van der Waals surface area (Å²) in [4.78, 5) is 12.3. The number of carbonyl (C=O) groups is 1. The highest BCUT2D eigenvalue weighted by molar-refractivity contribution is 5.90. The number of aryl methyl sites for hydroxylation is 2. The van der Waals surface area contributed by atoms with E-state index in [9.17, 15) is 9.90 Å². The molecular formula is C20H24N2O2. The van der Waals surface area contributed by atoms with Crippen LogP contribution in [0.1, 0.15) is 35.6 Å². The summed E-state index contributed by atoms with van der Waals surface area (Å²) in [5, 5.41) is 15.8. The fraction of sp³-hybridized carbons (Fsp3) is 0.350. The largest absolute Gasteiger partial charge is 0.393 e. The highest BCUT2D eigenvalue weighted by Gasteiger charge is 2.19. The number of urea groups is 1. The monoisotopic (exact) mass is 324 g/mol. The lowest BCUT2D eigenvalue weighted by Gasteiger charge is -2.23. The highest BCUT2D eigenvalue weighted by atomic mass is 16.3. The summed E-state index contributed by atoms with van der Waals surface area (Å²) >= 11 is 0. The van der Waals surface area contributed by atoms with E-state index in [-0.39, 0.29) is 12.1 Å². The van der Waals surface area contributed by atoms with Crippen molar-refractivity contribution in [2.75, 3.05) is 5.32 Å². The number of carbonyl (C=O) groups excluding carboxylic acids is 1. The van der Waals surface area contributed by atoms with Crippen LogP contribution in [0.2, 0.25) is 0 Å². The molecule has 0 fully saturated rings. The Balaban J connectivity index is 1.65. The minimum atomic E-state index is -0.319. The first-order chi connectivity index (χ1) is 11.7. The Kier molecular flexibility index (Phi) is 5.16. The summed E-state index contributed by atoms with van der Waals surface area (Å²) < 4.78 is 0. The lowest BCUT2D eigenvalue weighted by Crippen LogP contribution is -2.30. The topological polar surface area (TPSA) is 61.4 Å². The second-order valence-corrected chi connectivity index (χ2v) is 6.27. The van der Waals surface area contributed by atoms with E-state index in [1.54, 1.807) is 0 Å². The lowest BCUT2D eigenvalue weighted by molar-refractivity contribution is 0.159. The second-order valence-electron chi connectivity index (χ2n) is 6.27. The van der Waals surface area contributed by atoms with E-state index in [1.807, 2.05) is 30.3 Å². The molecule has 1 unspecified atom stereocenters. The normalized spacial score (nSPS) is 16.3. The molecule has 2 aromatic carbocycles. The number of aliphatic hydroxyl groups is 1. The van der Waals surface area contributed by atoms with Gasteiger partial charge in [-0.2, -0.15) is 0 Å². The van der Waals surface area contributed by atoms with Crippen LogP contribution < -0.4 is 10.6 Å². The number of hydrogen-bond donors (Lipinski definition) is 3. The number of rotatable bonds is 4. The summed E-state index contributed by atoms with van der Waals surface area (Å²) in [6.45, 7) is 2.62. The van der Waals surface area contributed by atoms with Gasteiger partial charge in [-0.15, -0.1) is 0 Å². The standard InChI is InChI=1S/C20H24N2O2/c1-2-14-6-3-4-7-16(14)13-21-20(24)22-19-9-5-8-15-10-11-17(23)12-18(15)19/h3-9,17,23H,2,10-13H2,1H3,(H2,21,22,24). The first-order valence-electron chi connectivity index (χ1n) is 8.58. The van der Waals surface area contributed by atoms with Gasteiger partial charge in [-0.3, -0.25) is 0 Å². The highest BCUT2D eigenvalue weighted by Crippen LogP contribution is 2.28. The zero-order valence-electron chi connectivity index (χ0n) is 14.0. The van der Waals surface area contributed by atoms with E-state index in [2.05, 4.69) is 29.7 Å². The Morgan fingerprint density at radius 1 is 1.17 bits per heavy atom. The maximum atomic E-state index is 12.3. The molecule has 2 amide bonds. The number of amides is 2. The fourth-order valence-electron chi connectivity index (χ4n) is 3.30. The van der Waals surface area contributed by atoms with Crippen LogP contribution in [0.5, 0.6) is 0 Å². The van der Waals surface area contributed by atoms with Crippen molar-refractivity contribution in [3.8, 4) is 0 Å². The third-order valence-electron chi connectivity index (χ3n) is 4.65. The molecule has 1 atom stereocenters. The van der Waals surface area contributed by atoms with E-state index in [1.165, 1.54) is 11.1 Å². The van der Waals surface area contributed by atoms with Crippen LogP contribution in [0.15, 0.2) is 42.5 Å². The van der Waals surface area contributed by atoms with Crippen LogP contribution in [0.25, 0.3) is 0 Å². The van der Waals surface area contributed by atoms with Crippen molar-refractivity contribution in [1.82, 2.24) is 5.32 Å². The Bertz CT molecular complexity index is 727. The van der Waals surface area contributed by atoms with Gasteiger partial charge in [-0.05, 0) is 47.6 Å². The minimum absolute atomic E-state index is 0.214. The van der Waals surface area contributed by atoms with Crippen LogP contribution in [-0.2, 0) is 25.8 Å². The van der Waals surface area contributed by atoms with Crippen molar-refractivity contribution in [1.29, 1.82) is 0 Å². The van der Waals surface area contributed by atoms with Gasteiger partial charge in [0.15, 0.2) is 0 Å². The predicted molar refractivity (Wildman–Crippen MR) is 96.2 cm³/mol. The summed E-state index contributed by atoms with van der Waals surface area (Å²) in [7, 11) is 0. The molecule has 2 aromatic rings.